The van der Waals surface area contributed by atoms with Crippen LogP contribution in [0.3, 0.4) is 0 Å². The number of piperidine rings is 1. The van der Waals surface area contributed by atoms with E-state index in [0.717, 1.165) is 31.6 Å². The van der Waals surface area contributed by atoms with Crippen molar-refractivity contribution in [1.29, 1.82) is 0 Å². The normalized spacial score (nSPS) is 16.4. The third kappa shape index (κ3) is 3.45. The summed E-state index contributed by atoms with van der Waals surface area (Å²) >= 11 is 0. The van der Waals surface area contributed by atoms with Gasteiger partial charge in [0, 0.05) is 18.8 Å². The molecule has 0 spiro atoms. The van der Waals surface area contributed by atoms with Crippen LogP contribution in [-0.2, 0) is 9.62 Å². The molecule has 1 fully saturated rings. The molecular weight excluding hydrogens is 246 g/mol. The Kier molecular flexibility index (Phi) is 4.76. The van der Waals surface area contributed by atoms with Crippen LogP contribution >= 0.6 is 0 Å². The number of carbonyl (C=O) groups is 1. The molecule has 19 heavy (non-hydrogen) atoms. The van der Waals surface area contributed by atoms with Gasteiger partial charge in [0.1, 0.15) is 0 Å². The first-order valence-electron chi connectivity index (χ1n) is 6.57. The standard InChI is InChI=1S/C14H19NO4/c1-2-18-14(16)11-4-3-5-12(10-11)15-8-6-13(19-17)7-9-15/h3-5,10,13,17H,2,6-9H2,1H3. The highest BCUT2D eigenvalue weighted by molar-refractivity contribution is 5.90. The minimum Gasteiger partial charge on any atom is -0.462 e. The maximum atomic E-state index is 11.7. The number of hydrogen-bond donors (Lipinski definition) is 1. The molecule has 0 atom stereocenters. The van der Waals surface area contributed by atoms with Gasteiger partial charge in [0.15, 0.2) is 0 Å². The van der Waals surface area contributed by atoms with E-state index in [9.17, 15) is 4.79 Å². The number of carbonyl (C=O) groups excluding carboxylic acids is 1. The molecule has 104 valence electrons. The van der Waals surface area contributed by atoms with E-state index in [1.54, 1.807) is 13.0 Å². The molecule has 1 aromatic carbocycles. The number of ether oxygens (including phenoxy) is 1. The van der Waals surface area contributed by atoms with Crippen LogP contribution in [0.4, 0.5) is 5.69 Å². The third-order valence-corrected chi connectivity index (χ3v) is 3.31. The fourth-order valence-corrected chi connectivity index (χ4v) is 2.26. The van der Waals surface area contributed by atoms with Crippen molar-refractivity contribution in [2.45, 2.75) is 25.9 Å². The van der Waals surface area contributed by atoms with E-state index in [0.29, 0.717) is 12.2 Å². The molecular formula is C14H19NO4. The molecule has 5 heteroatoms. The summed E-state index contributed by atoms with van der Waals surface area (Å²) in [5, 5.41) is 8.64. The van der Waals surface area contributed by atoms with Crippen molar-refractivity contribution in [2.75, 3.05) is 24.6 Å². The molecule has 0 aromatic heterocycles. The second-order valence-corrected chi connectivity index (χ2v) is 4.56. The summed E-state index contributed by atoms with van der Waals surface area (Å²) in [6, 6.07) is 7.43. The van der Waals surface area contributed by atoms with Gasteiger partial charge in [-0.2, -0.15) is 0 Å². The van der Waals surface area contributed by atoms with E-state index < -0.39 is 0 Å². The van der Waals surface area contributed by atoms with Gasteiger partial charge >= 0.3 is 5.97 Å². The van der Waals surface area contributed by atoms with Crippen LogP contribution in [0.5, 0.6) is 0 Å². The van der Waals surface area contributed by atoms with Crippen molar-refractivity contribution in [3.63, 3.8) is 0 Å². The van der Waals surface area contributed by atoms with Crippen LogP contribution in [0.1, 0.15) is 30.1 Å². The minimum absolute atomic E-state index is 0.0792. The molecule has 1 heterocycles. The van der Waals surface area contributed by atoms with Gasteiger partial charge < -0.3 is 9.64 Å². The molecule has 1 aliphatic rings. The Morgan fingerprint density at radius 3 is 2.79 bits per heavy atom. The maximum absolute atomic E-state index is 11.7. The van der Waals surface area contributed by atoms with Gasteiger partial charge in [-0.15, -0.1) is 0 Å². The summed E-state index contributed by atoms with van der Waals surface area (Å²) < 4.78 is 4.99. The Bertz CT molecular complexity index is 427. The van der Waals surface area contributed by atoms with E-state index in [1.165, 1.54) is 0 Å². The number of hydrogen-bond acceptors (Lipinski definition) is 5. The van der Waals surface area contributed by atoms with Gasteiger partial charge in [-0.25, -0.2) is 9.68 Å². The minimum atomic E-state index is -0.294. The second kappa shape index (κ2) is 6.54. The zero-order valence-corrected chi connectivity index (χ0v) is 11.0. The number of benzene rings is 1. The van der Waals surface area contributed by atoms with Gasteiger partial charge in [-0.1, -0.05) is 6.07 Å². The number of esters is 1. The monoisotopic (exact) mass is 265 g/mol. The lowest BCUT2D eigenvalue weighted by Crippen LogP contribution is -2.36. The maximum Gasteiger partial charge on any atom is 0.338 e. The molecule has 1 aliphatic heterocycles. The molecule has 1 N–H and O–H groups in total. The lowest BCUT2D eigenvalue weighted by atomic mass is 10.1. The molecule has 5 nitrogen and oxygen atoms in total. The lowest BCUT2D eigenvalue weighted by Gasteiger charge is -2.32. The first kappa shape index (κ1) is 13.8. The van der Waals surface area contributed by atoms with Crippen molar-refractivity contribution in [3.05, 3.63) is 29.8 Å². The fraction of sp³-hybridized carbons (Fsp3) is 0.500. The fourth-order valence-electron chi connectivity index (χ4n) is 2.26. The average Bonchev–Trinajstić information content (AvgIpc) is 2.48. The molecule has 0 amide bonds. The molecule has 1 saturated heterocycles. The number of rotatable bonds is 4. The summed E-state index contributed by atoms with van der Waals surface area (Å²) in [5.74, 6) is -0.294. The Morgan fingerprint density at radius 1 is 1.42 bits per heavy atom. The summed E-state index contributed by atoms with van der Waals surface area (Å²) in [6.45, 7) is 3.78. The first-order valence-corrected chi connectivity index (χ1v) is 6.57. The van der Waals surface area contributed by atoms with Crippen molar-refractivity contribution < 1.29 is 19.7 Å². The quantitative estimate of drug-likeness (QED) is 0.514. The van der Waals surface area contributed by atoms with Crippen LogP contribution in [0.2, 0.25) is 0 Å². The Labute approximate surface area is 112 Å². The highest BCUT2D eigenvalue weighted by atomic mass is 17.1. The van der Waals surface area contributed by atoms with E-state index in [2.05, 4.69) is 9.79 Å². The summed E-state index contributed by atoms with van der Waals surface area (Å²) in [7, 11) is 0. The lowest BCUT2D eigenvalue weighted by molar-refractivity contribution is -0.281. The van der Waals surface area contributed by atoms with E-state index >= 15 is 0 Å². The van der Waals surface area contributed by atoms with E-state index in [1.807, 2.05) is 18.2 Å². The second-order valence-electron chi connectivity index (χ2n) is 4.56. The van der Waals surface area contributed by atoms with Gasteiger partial charge in [0.05, 0.1) is 18.3 Å². The van der Waals surface area contributed by atoms with Crippen LogP contribution in [0, 0.1) is 0 Å². The van der Waals surface area contributed by atoms with Crippen LogP contribution in [-0.4, -0.2) is 37.0 Å². The van der Waals surface area contributed by atoms with E-state index in [4.69, 9.17) is 9.99 Å². The number of nitrogens with zero attached hydrogens (tertiary/aromatic N) is 1. The molecule has 0 aliphatic carbocycles. The Balaban J connectivity index is 2.05. The van der Waals surface area contributed by atoms with Crippen LogP contribution < -0.4 is 4.90 Å². The summed E-state index contributed by atoms with van der Waals surface area (Å²) in [5.41, 5.74) is 1.57. The molecule has 2 rings (SSSR count). The van der Waals surface area contributed by atoms with Crippen molar-refractivity contribution in [3.8, 4) is 0 Å². The molecule has 0 radical (unpaired) electrons. The van der Waals surface area contributed by atoms with Crippen molar-refractivity contribution >= 4 is 11.7 Å². The van der Waals surface area contributed by atoms with Gasteiger partial charge in [0.2, 0.25) is 0 Å². The topological polar surface area (TPSA) is 59.0 Å². The van der Waals surface area contributed by atoms with E-state index in [-0.39, 0.29) is 12.1 Å². The third-order valence-electron chi connectivity index (χ3n) is 3.31. The summed E-state index contributed by atoms with van der Waals surface area (Å²) in [6.07, 6.45) is 1.48. The predicted octanol–water partition coefficient (Wildman–Crippen LogP) is 2.32. The van der Waals surface area contributed by atoms with Crippen LogP contribution in [0.25, 0.3) is 0 Å². The highest BCUT2D eigenvalue weighted by Gasteiger charge is 2.20. The van der Waals surface area contributed by atoms with Gasteiger partial charge in [-0.3, -0.25) is 5.26 Å². The molecule has 0 bridgehead atoms. The largest absolute Gasteiger partial charge is 0.462 e. The average molecular weight is 265 g/mol. The molecule has 0 saturated carbocycles. The number of anilines is 1. The van der Waals surface area contributed by atoms with Crippen molar-refractivity contribution in [1.82, 2.24) is 0 Å². The van der Waals surface area contributed by atoms with Gasteiger partial charge in [-0.05, 0) is 38.0 Å². The summed E-state index contributed by atoms with van der Waals surface area (Å²) in [4.78, 5) is 18.2. The highest BCUT2D eigenvalue weighted by Crippen LogP contribution is 2.22. The molecule has 0 unspecified atom stereocenters. The Morgan fingerprint density at radius 2 is 2.16 bits per heavy atom. The Hall–Kier alpha value is -1.59. The van der Waals surface area contributed by atoms with Crippen LogP contribution in [0.15, 0.2) is 24.3 Å². The zero-order valence-electron chi connectivity index (χ0n) is 11.0. The SMILES string of the molecule is CCOC(=O)c1cccc(N2CCC(OO)CC2)c1. The zero-order chi connectivity index (χ0) is 13.7. The predicted molar refractivity (Wildman–Crippen MR) is 71.3 cm³/mol. The van der Waals surface area contributed by atoms with Gasteiger partial charge in [0.25, 0.3) is 0 Å². The van der Waals surface area contributed by atoms with Crippen molar-refractivity contribution in [2.24, 2.45) is 0 Å². The first-order chi connectivity index (χ1) is 9.24. The smallest absolute Gasteiger partial charge is 0.338 e. The molecule has 1 aromatic rings.